The minimum absolute atomic E-state index is 0.211. The van der Waals surface area contributed by atoms with Gasteiger partial charge >= 0.3 is 7.12 Å². The molecule has 1 fully saturated rings. The Kier molecular flexibility index (Phi) is 4.17. The molecule has 0 radical (unpaired) electrons. The quantitative estimate of drug-likeness (QED) is 0.782. The maximum absolute atomic E-state index is 6.18. The highest BCUT2D eigenvalue weighted by molar-refractivity contribution is 6.47. The lowest BCUT2D eigenvalue weighted by molar-refractivity contribution is 0.00578. The Labute approximate surface area is 122 Å². The van der Waals surface area contributed by atoms with E-state index in [1.807, 2.05) is 12.1 Å². The van der Waals surface area contributed by atoms with Gasteiger partial charge in [0.1, 0.15) is 5.75 Å². The first-order valence-electron chi connectivity index (χ1n) is 7.30. The van der Waals surface area contributed by atoms with Crippen molar-refractivity contribution >= 4 is 7.12 Å². The number of hydrogen-bond donors (Lipinski definition) is 0. The van der Waals surface area contributed by atoms with E-state index < -0.39 is 0 Å². The Bertz CT molecular complexity index is 455. The molecule has 1 aromatic carbocycles. The van der Waals surface area contributed by atoms with Gasteiger partial charge in [0.05, 0.1) is 18.3 Å². The largest absolute Gasteiger partial charge is 0.497 e. The van der Waals surface area contributed by atoms with Gasteiger partial charge in [-0.1, -0.05) is 25.5 Å². The number of hydrogen-bond acceptors (Lipinski definition) is 3. The minimum atomic E-state index is -0.288. The van der Waals surface area contributed by atoms with Crippen LogP contribution >= 0.6 is 0 Å². The third-order valence-corrected chi connectivity index (χ3v) is 4.56. The molecule has 1 aliphatic heterocycles. The zero-order valence-corrected chi connectivity index (χ0v) is 13.4. The molecule has 2 rings (SSSR count). The van der Waals surface area contributed by atoms with Crippen molar-refractivity contribution in [1.29, 1.82) is 0 Å². The van der Waals surface area contributed by atoms with Crippen molar-refractivity contribution in [3.63, 3.8) is 0 Å². The molecule has 1 saturated heterocycles. The fourth-order valence-electron chi connectivity index (χ4n) is 2.51. The highest BCUT2D eigenvalue weighted by Crippen LogP contribution is 2.41. The summed E-state index contributed by atoms with van der Waals surface area (Å²) < 4.78 is 17.7. The smallest absolute Gasteiger partial charge is 0.465 e. The predicted octanol–water partition coefficient (Wildman–Crippen LogP) is 3.82. The normalized spacial score (nSPS) is 21.8. The van der Waals surface area contributed by atoms with E-state index in [1.165, 1.54) is 5.56 Å². The highest BCUT2D eigenvalue weighted by atomic mass is 16.7. The Morgan fingerprint density at radius 3 is 2.25 bits per heavy atom. The number of methoxy groups -OCH3 is 1. The predicted molar refractivity (Wildman–Crippen MR) is 82.1 cm³/mol. The van der Waals surface area contributed by atoms with E-state index >= 15 is 0 Å². The fraction of sp³-hybridized carbons (Fsp3) is 0.625. The van der Waals surface area contributed by atoms with Crippen LogP contribution in [0.25, 0.3) is 0 Å². The van der Waals surface area contributed by atoms with Crippen LogP contribution in [0.1, 0.15) is 52.4 Å². The second-order valence-corrected chi connectivity index (χ2v) is 6.42. The van der Waals surface area contributed by atoms with E-state index in [4.69, 9.17) is 14.0 Å². The van der Waals surface area contributed by atoms with Crippen molar-refractivity contribution in [3.05, 3.63) is 29.8 Å². The topological polar surface area (TPSA) is 27.7 Å². The van der Waals surface area contributed by atoms with E-state index in [0.717, 1.165) is 12.2 Å². The number of benzene rings is 1. The van der Waals surface area contributed by atoms with Crippen LogP contribution in [0, 0.1) is 0 Å². The number of ether oxygens (including phenoxy) is 1. The molecule has 1 unspecified atom stereocenters. The molecule has 20 heavy (non-hydrogen) atoms. The Hall–Kier alpha value is -0.995. The van der Waals surface area contributed by atoms with Gasteiger partial charge in [-0.2, -0.15) is 0 Å². The van der Waals surface area contributed by atoms with Crippen molar-refractivity contribution < 1.29 is 14.0 Å². The molecule has 0 N–H and O–H groups in total. The lowest BCUT2D eigenvalue weighted by atomic mass is 9.66. The summed E-state index contributed by atoms with van der Waals surface area (Å²) >= 11 is 0. The molecule has 3 nitrogen and oxygen atoms in total. The lowest BCUT2D eigenvalue weighted by Gasteiger charge is -2.32. The molecule has 0 spiro atoms. The van der Waals surface area contributed by atoms with Crippen molar-refractivity contribution in [2.24, 2.45) is 0 Å². The first-order chi connectivity index (χ1) is 9.30. The zero-order chi connectivity index (χ0) is 15.0. The Morgan fingerprint density at radius 2 is 1.75 bits per heavy atom. The van der Waals surface area contributed by atoms with Gasteiger partial charge in [0.2, 0.25) is 0 Å². The average Bonchev–Trinajstić information content (AvgIpc) is 2.59. The van der Waals surface area contributed by atoms with Gasteiger partial charge < -0.3 is 14.0 Å². The molecule has 1 aromatic rings. The first kappa shape index (κ1) is 15.4. The molecular formula is C16H25BO3. The summed E-state index contributed by atoms with van der Waals surface area (Å²) in [6.45, 7) is 10.5. The number of rotatable bonds is 4. The van der Waals surface area contributed by atoms with E-state index in [9.17, 15) is 0 Å². The van der Waals surface area contributed by atoms with Crippen molar-refractivity contribution in [2.45, 2.75) is 58.1 Å². The van der Waals surface area contributed by atoms with Crippen LogP contribution < -0.4 is 4.74 Å². The van der Waals surface area contributed by atoms with Gasteiger partial charge in [-0.05, 0) is 45.4 Å². The van der Waals surface area contributed by atoms with Gasteiger partial charge in [-0.15, -0.1) is 0 Å². The molecule has 0 aliphatic carbocycles. The summed E-state index contributed by atoms with van der Waals surface area (Å²) in [6, 6.07) is 8.16. The van der Waals surface area contributed by atoms with Gasteiger partial charge in [0.15, 0.2) is 0 Å². The lowest BCUT2D eigenvalue weighted by Crippen LogP contribution is -2.41. The van der Waals surface area contributed by atoms with Crippen LogP contribution in [0.15, 0.2) is 24.3 Å². The third kappa shape index (κ3) is 2.72. The van der Waals surface area contributed by atoms with Crippen LogP contribution in [0.4, 0.5) is 0 Å². The Balaban J connectivity index is 2.25. The molecule has 1 atom stereocenters. The molecule has 0 amide bonds. The molecule has 4 heteroatoms. The molecule has 0 aromatic heterocycles. The first-order valence-corrected chi connectivity index (χ1v) is 7.30. The SMILES string of the molecule is CCC(B1OC(C)(C)C(C)(C)O1)c1cccc(OC)c1. The van der Waals surface area contributed by atoms with Gasteiger partial charge in [-0.3, -0.25) is 0 Å². The van der Waals surface area contributed by atoms with Gasteiger partial charge in [0, 0.05) is 5.82 Å². The molecule has 0 saturated carbocycles. The fourth-order valence-corrected chi connectivity index (χ4v) is 2.51. The summed E-state index contributed by atoms with van der Waals surface area (Å²) in [5.41, 5.74) is 0.624. The highest BCUT2D eigenvalue weighted by Gasteiger charge is 2.53. The second-order valence-electron chi connectivity index (χ2n) is 6.42. The molecule has 1 aliphatic rings. The summed E-state index contributed by atoms with van der Waals surface area (Å²) in [5, 5.41) is 0. The summed E-state index contributed by atoms with van der Waals surface area (Å²) in [5.74, 6) is 1.09. The molecular weight excluding hydrogens is 251 g/mol. The van der Waals surface area contributed by atoms with E-state index in [0.29, 0.717) is 0 Å². The van der Waals surface area contributed by atoms with Crippen LogP contribution in [-0.4, -0.2) is 25.4 Å². The van der Waals surface area contributed by atoms with E-state index in [2.05, 4.69) is 46.8 Å². The molecule has 0 bridgehead atoms. The minimum Gasteiger partial charge on any atom is -0.497 e. The van der Waals surface area contributed by atoms with Gasteiger partial charge in [-0.25, -0.2) is 0 Å². The Morgan fingerprint density at radius 1 is 1.15 bits per heavy atom. The van der Waals surface area contributed by atoms with Crippen molar-refractivity contribution in [2.75, 3.05) is 7.11 Å². The summed E-state index contributed by atoms with van der Waals surface area (Å²) in [7, 11) is 1.48. The standard InChI is InChI=1S/C16H25BO3/c1-7-14(12-9-8-10-13(11-12)18-6)17-19-15(2,3)16(4,5)20-17/h8-11,14H,7H2,1-6H3. The monoisotopic (exact) mass is 276 g/mol. The van der Waals surface area contributed by atoms with Crippen LogP contribution in [0.2, 0.25) is 0 Å². The summed E-state index contributed by atoms with van der Waals surface area (Å²) in [4.78, 5) is 0. The zero-order valence-electron chi connectivity index (χ0n) is 13.4. The van der Waals surface area contributed by atoms with E-state index in [1.54, 1.807) is 7.11 Å². The van der Waals surface area contributed by atoms with E-state index in [-0.39, 0.29) is 24.1 Å². The second kappa shape index (κ2) is 5.42. The molecule has 1 heterocycles. The summed E-state index contributed by atoms with van der Waals surface area (Å²) in [6.07, 6.45) is 0.962. The van der Waals surface area contributed by atoms with Crippen molar-refractivity contribution in [3.8, 4) is 5.75 Å². The maximum atomic E-state index is 6.18. The maximum Gasteiger partial charge on any atom is 0.465 e. The van der Waals surface area contributed by atoms with Crippen LogP contribution in [-0.2, 0) is 9.31 Å². The average molecular weight is 276 g/mol. The van der Waals surface area contributed by atoms with Crippen LogP contribution in [0.3, 0.4) is 0 Å². The van der Waals surface area contributed by atoms with Crippen molar-refractivity contribution in [1.82, 2.24) is 0 Å². The van der Waals surface area contributed by atoms with Crippen LogP contribution in [0.5, 0.6) is 5.75 Å². The third-order valence-electron chi connectivity index (χ3n) is 4.56. The molecule has 110 valence electrons. The van der Waals surface area contributed by atoms with Gasteiger partial charge in [0.25, 0.3) is 0 Å².